The van der Waals surface area contributed by atoms with Crippen molar-refractivity contribution >= 4 is 0 Å². The number of hydrogen-bond donors (Lipinski definition) is 1. The van der Waals surface area contributed by atoms with Crippen molar-refractivity contribution in [3.05, 3.63) is 35.1 Å². The highest BCUT2D eigenvalue weighted by Crippen LogP contribution is 2.22. The van der Waals surface area contributed by atoms with E-state index < -0.39 is 0 Å². The Morgan fingerprint density at radius 1 is 1.18 bits per heavy atom. The van der Waals surface area contributed by atoms with E-state index in [-0.39, 0.29) is 11.9 Å². The zero-order valence-corrected chi connectivity index (χ0v) is 11.0. The molecule has 0 amide bonds. The second-order valence-corrected chi connectivity index (χ2v) is 4.79. The number of rotatable bonds is 7. The van der Waals surface area contributed by atoms with Gasteiger partial charge in [-0.3, -0.25) is 0 Å². The Morgan fingerprint density at radius 2 is 1.88 bits per heavy atom. The molecule has 1 aromatic carbocycles. The minimum absolute atomic E-state index is 0.131. The van der Waals surface area contributed by atoms with Crippen LogP contribution in [0.25, 0.3) is 0 Å². The summed E-state index contributed by atoms with van der Waals surface area (Å²) in [5.41, 5.74) is 7.39. The maximum atomic E-state index is 13.8. The van der Waals surface area contributed by atoms with E-state index in [1.807, 2.05) is 6.07 Å². The molecule has 0 aliphatic rings. The van der Waals surface area contributed by atoms with Gasteiger partial charge in [-0.25, -0.2) is 4.39 Å². The molecule has 1 unspecified atom stereocenters. The van der Waals surface area contributed by atoms with Crippen molar-refractivity contribution in [1.29, 1.82) is 0 Å². The standard InChI is InChI=1S/C15H24FN/c1-3-4-5-6-7-11-14(17)13-10-8-9-12(2)15(13)16/h8-10,14H,3-7,11,17H2,1-2H3. The first-order valence-corrected chi connectivity index (χ1v) is 6.67. The van der Waals surface area contributed by atoms with E-state index in [0.29, 0.717) is 11.1 Å². The Morgan fingerprint density at radius 3 is 2.59 bits per heavy atom. The summed E-state index contributed by atoms with van der Waals surface area (Å²) in [6.45, 7) is 3.99. The highest BCUT2D eigenvalue weighted by molar-refractivity contribution is 5.27. The average molecular weight is 237 g/mol. The summed E-state index contributed by atoms with van der Waals surface area (Å²) >= 11 is 0. The van der Waals surface area contributed by atoms with Crippen LogP contribution in [0.3, 0.4) is 0 Å². The molecule has 2 heteroatoms. The molecule has 0 saturated carbocycles. The number of hydrogen-bond acceptors (Lipinski definition) is 1. The second kappa shape index (κ2) is 7.44. The predicted molar refractivity (Wildman–Crippen MR) is 71.4 cm³/mol. The topological polar surface area (TPSA) is 26.0 Å². The van der Waals surface area contributed by atoms with E-state index in [9.17, 15) is 4.39 Å². The Kier molecular flexibility index (Phi) is 6.20. The van der Waals surface area contributed by atoms with Gasteiger partial charge in [-0.1, -0.05) is 57.2 Å². The van der Waals surface area contributed by atoms with Gasteiger partial charge in [0, 0.05) is 11.6 Å². The van der Waals surface area contributed by atoms with Crippen LogP contribution >= 0.6 is 0 Å². The molecule has 0 spiro atoms. The third-order valence-corrected chi connectivity index (χ3v) is 3.24. The second-order valence-electron chi connectivity index (χ2n) is 4.79. The molecular formula is C15H24FN. The highest BCUT2D eigenvalue weighted by Gasteiger charge is 2.12. The van der Waals surface area contributed by atoms with Crippen LogP contribution in [-0.2, 0) is 0 Å². The van der Waals surface area contributed by atoms with Crippen molar-refractivity contribution in [2.24, 2.45) is 5.73 Å². The van der Waals surface area contributed by atoms with E-state index in [1.165, 1.54) is 25.7 Å². The predicted octanol–water partition coefficient (Wildman–Crippen LogP) is 4.49. The molecule has 0 aromatic heterocycles. The molecule has 1 rings (SSSR count). The smallest absolute Gasteiger partial charge is 0.130 e. The number of nitrogens with two attached hydrogens (primary N) is 1. The van der Waals surface area contributed by atoms with Crippen molar-refractivity contribution in [3.63, 3.8) is 0 Å². The van der Waals surface area contributed by atoms with Gasteiger partial charge < -0.3 is 5.73 Å². The van der Waals surface area contributed by atoms with Crippen LogP contribution in [-0.4, -0.2) is 0 Å². The summed E-state index contributed by atoms with van der Waals surface area (Å²) in [7, 11) is 0. The fourth-order valence-electron chi connectivity index (χ4n) is 2.08. The Bertz CT molecular complexity index is 336. The molecule has 0 saturated heterocycles. The molecule has 2 N–H and O–H groups in total. The van der Waals surface area contributed by atoms with E-state index in [0.717, 1.165) is 12.8 Å². The molecule has 1 aromatic rings. The molecule has 0 aliphatic heterocycles. The zero-order chi connectivity index (χ0) is 12.7. The summed E-state index contributed by atoms with van der Waals surface area (Å²) < 4.78 is 13.8. The number of unbranched alkanes of at least 4 members (excludes halogenated alkanes) is 4. The van der Waals surface area contributed by atoms with Gasteiger partial charge in [-0.15, -0.1) is 0 Å². The van der Waals surface area contributed by atoms with Gasteiger partial charge in [0.1, 0.15) is 5.82 Å². The number of halogens is 1. The largest absolute Gasteiger partial charge is 0.324 e. The minimum atomic E-state index is -0.156. The average Bonchev–Trinajstić information content (AvgIpc) is 2.32. The molecule has 0 bridgehead atoms. The van der Waals surface area contributed by atoms with Crippen molar-refractivity contribution in [1.82, 2.24) is 0 Å². The van der Waals surface area contributed by atoms with Gasteiger partial charge in [0.2, 0.25) is 0 Å². The van der Waals surface area contributed by atoms with Crippen LogP contribution < -0.4 is 5.73 Å². The fourth-order valence-corrected chi connectivity index (χ4v) is 2.08. The van der Waals surface area contributed by atoms with Crippen LogP contribution in [0.4, 0.5) is 4.39 Å². The van der Waals surface area contributed by atoms with Crippen molar-refractivity contribution in [3.8, 4) is 0 Å². The monoisotopic (exact) mass is 237 g/mol. The van der Waals surface area contributed by atoms with Gasteiger partial charge in [-0.2, -0.15) is 0 Å². The first-order valence-electron chi connectivity index (χ1n) is 6.67. The molecule has 1 nitrogen and oxygen atoms in total. The minimum Gasteiger partial charge on any atom is -0.324 e. The fraction of sp³-hybridized carbons (Fsp3) is 0.600. The lowest BCUT2D eigenvalue weighted by molar-refractivity contribution is 0.524. The quantitative estimate of drug-likeness (QED) is 0.694. The van der Waals surface area contributed by atoms with Crippen LogP contribution in [0.15, 0.2) is 18.2 Å². The molecule has 0 heterocycles. The van der Waals surface area contributed by atoms with Gasteiger partial charge in [-0.05, 0) is 18.9 Å². The summed E-state index contributed by atoms with van der Waals surface area (Å²) in [5.74, 6) is -0.131. The first-order chi connectivity index (χ1) is 8.16. The van der Waals surface area contributed by atoms with Gasteiger partial charge in [0.05, 0.1) is 0 Å². The Hall–Kier alpha value is -0.890. The van der Waals surface area contributed by atoms with Crippen molar-refractivity contribution in [2.75, 3.05) is 0 Å². The lowest BCUT2D eigenvalue weighted by atomic mass is 9.98. The summed E-state index contributed by atoms with van der Waals surface area (Å²) in [4.78, 5) is 0. The number of aryl methyl sites for hydroxylation is 1. The third kappa shape index (κ3) is 4.47. The first kappa shape index (κ1) is 14.2. The third-order valence-electron chi connectivity index (χ3n) is 3.24. The van der Waals surface area contributed by atoms with Crippen LogP contribution in [0, 0.1) is 12.7 Å². The Balaban J connectivity index is 2.41. The lowest BCUT2D eigenvalue weighted by Gasteiger charge is -2.13. The van der Waals surface area contributed by atoms with Crippen LogP contribution in [0.5, 0.6) is 0 Å². The summed E-state index contributed by atoms with van der Waals surface area (Å²) in [6.07, 6.45) is 6.97. The summed E-state index contributed by atoms with van der Waals surface area (Å²) in [5, 5.41) is 0. The maximum absolute atomic E-state index is 13.8. The van der Waals surface area contributed by atoms with Gasteiger partial charge in [0.25, 0.3) is 0 Å². The van der Waals surface area contributed by atoms with E-state index in [2.05, 4.69) is 6.92 Å². The SMILES string of the molecule is CCCCCCCC(N)c1cccc(C)c1F. The van der Waals surface area contributed by atoms with Crippen molar-refractivity contribution < 1.29 is 4.39 Å². The van der Waals surface area contributed by atoms with E-state index in [4.69, 9.17) is 5.73 Å². The molecule has 0 fully saturated rings. The number of benzene rings is 1. The van der Waals surface area contributed by atoms with Crippen LogP contribution in [0.2, 0.25) is 0 Å². The van der Waals surface area contributed by atoms with Gasteiger partial charge >= 0.3 is 0 Å². The molecule has 96 valence electrons. The van der Waals surface area contributed by atoms with Crippen molar-refractivity contribution in [2.45, 2.75) is 58.4 Å². The summed E-state index contributed by atoms with van der Waals surface area (Å²) in [6, 6.07) is 5.31. The Labute approximate surface area is 104 Å². The lowest BCUT2D eigenvalue weighted by Crippen LogP contribution is -2.12. The molecule has 0 aliphatic carbocycles. The normalized spacial score (nSPS) is 12.7. The zero-order valence-electron chi connectivity index (χ0n) is 11.0. The van der Waals surface area contributed by atoms with Crippen LogP contribution in [0.1, 0.15) is 62.6 Å². The molecule has 0 radical (unpaired) electrons. The maximum Gasteiger partial charge on any atom is 0.130 e. The van der Waals surface area contributed by atoms with Gasteiger partial charge in [0.15, 0.2) is 0 Å². The van der Waals surface area contributed by atoms with E-state index >= 15 is 0 Å². The molecule has 1 atom stereocenters. The van der Waals surface area contributed by atoms with E-state index in [1.54, 1.807) is 19.1 Å². The molecular weight excluding hydrogens is 213 g/mol. The molecule has 17 heavy (non-hydrogen) atoms. The highest BCUT2D eigenvalue weighted by atomic mass is 19.1.